The number of benzene rings is 2. The Kier molecular flexibility index (Phi) is 4.52. The van der Waals surface area contributed by atoms with Crippen LogP contribution in [-0.2, 0) is 10.0 Å². The lowest BCUT2D eigenvalue weighted by Gasteiger charge is -2.13. The van der Waals surface area contributed by atoms with Crippen molar-refractivity contribution in [2.75, 3.05) is 16.6 Å². The molecule has 0 unspecified atom stereocenters. The lowest BCUT2D eigenvalue weighted by molar-refractivity contribution is 0.601. The molecular formula is C14H15ClN2O2S. The van der Waals surface area contributed by atoms with Gasteiger partial charge in [0, 0.05) is 11.6 Å². The fourth-order valence-electron chi connectivity index (χ4n) is 1.80. The SMILES string of the molecule is CCNc1ccccc1S(=O)(=O)Nc1cccc(Cl)c1. The van der Waals surface area contributed by atoms with Crippen molar-refractivity contribution in [1.29, 1.82) is 0 Å². The molecule has 0 saturated heterocycles. The minimum atomic E-state index is -3.65. The molecule has 20 heavy (non-hydrogen) atoms. The Labute approximate surface area is 123 Å². The number of rotatable bonds is 5. The second kappa shape index (κ2) is 6.15. The van der Waals surface area contributed by atoms with Crippen LogP contribution in [0.25, 0.3) is 0 Å². The molecule has 2 aromatic rings. The predicted octanol–water partition coefficient (Wildman–Crippen LogP) is 3.57. The van der Waals surface area contributed by atoms with Crippen molar-refractivity contribution in [3.63, 3.8) is 0 Å². The van der Waals surface area contributed by atoms with Gasteiger partial charge < -0.3 is 5.32 Å². The molecule has 0 radical (unpaired) electrons. The van der Waals surface area contributed by atoms with Crippen molar-refractivity contribution in [2.45, 2.75) is 11.8 Å². The van der Waals surface area contributed by atoms with Gasteiger partial charge in [-0.3, -0.25) is 4.72 Å². The molecule has 0 atom stereocenters. The van der Waals surface area contributed by atoms with Crippen molar-refractivity contribution in [3.8, 4) is 0 Å². The minimum absolute atomic E-state index is 0.210. The van der Waals surface area contributed by atoms with Gasteiger partial charge in [-0.2, -0.15) is 0 Å². The third-order valence-electron chi connectivity index (χ3n) is 2.62. The highest BCUT2D eigenvalue weighted by Gasteiger charge is 2.18. The summed E-state index contributed by atoms with van der Waals surface area (Å²) in [6, 6.07) is 13.4. The van der Waals surface area contributed by atoms with E-state index in [0.29, 0.717) is 22.9 Å². The van der Waals surface area contributed by atoms with Crippen LogP contribution in [0.2, 0.25) is 5.02 Å². The summed E-state index contributed by atoms with van der Waals surface area (Å²) in [5.41, 5.74) is 1.01. The van der Waals surface area contributed by atoms with E-state index in [0.717, 1.165) is 0 Å². The Morgan fingerprint density at radius 1 is 1.10 bits per heavy atom. The fraction of sp³-hybridized carbons (Fsp3) is 0.143. The van der Waals surface area contributed by atoms with Crippen LogP contribution in [-0.4, -0.2) is 15.0 Å². The first-order chi connectivity index (χ1) is 9.53. The van der Waals surface area contributed by atoms with Gasteiger partial charge in [0.25, 0.3) is 10.0 Å². The highest BCUT2D eigenvalue weighted by molar-refractivity contribution is 7.92. The average Bonchev–Trinajstić information content (AvgIpc) is 2.39. The van der Waals surface area contributed by atoms with Gasteiger partial charge in [-0.25, -0.2) is 8.42 Å². The molecule has 106 valence electrons. The molecule has 0 aliphatic carbocycles. The van der Waals surface area contributed by atoms with Crippen LogP contribution in [0.1, 0.15) is 6.92 Å². The average molecular weight is 311 g/mol. The molecule has 0 aliphatic heterocycles. The lowest BCUT2D eigenvalue weighted by atomic mass is 10.3. The molecule has 0 spiro atoms. The Bertz CT molecular complexity index is 702. The summed E-state index contributed by atoms with van der Waals surface area (Å²) < 4.78 is 27.4. The molecule has 2 N–H and O–H groups in total. The molecule has 0 fully saturated rings. The molecule has 0 aromatic heterocycles. The van der Waals surface area contributed by atoms with E-state index >= 15 is 0 Å². The molecule has 2 aromatic carbocycles. The van der Waals surface area contributed by atoms with Crippen LogP contribution in [0.5, 0.6) is 0 Å². The molecule has 2 rings (SSSR count). The second-order valence-corrected chi connectivity index (χ2v) is 6.23. The zero-order valence-electron chi connectivity index (χ0n) is 10.9. The topological polar surface area (TPSA) is 58.2 Å². The maximum absolute atomic E-state index is 12.4. The van der Waals surface area contributed by atoms with Crippen LogP contribution in [0.4, 0.5) is 11.4 Å². The van der Waals surface area contributed by atoms with Crippen LogP contribution >= 0.6 is 11.6 Å². The van der Waals surface area contributed by atoms with Gasteiger partial charge in [-0.1, -0.05) is 29.8 Å². The third kappa shape index (κ3) is 3.43. The third-order valence-corrected chi connectivity index (χ3v) is 4.30. The molecule has 0 aliphatic rings. The highest BCUT2D eigenvalue weighted by atomic mass is 35.5. The van der Waals surface area contributed by atoms with Crippen LogP contribution in [0, 0.1) is 0 Å². The summed E-state index contributed by atoms with van der Waals surface area (Å²) in [5.74, 6) is 0. The van der Waals surface area contributed by atoms with Crippen LogP contribution in [0.3, 0.4) is 0 Å². The number of hydrogen-bond donors (Lipinski definition) is 2. The monoisotopic (exact) mass is 310 g/mol. The first-order valence-corrected chi connectivity index (χ1v) is 8.00. The summed E-state index contributed by atoms with van der Waals surface area (Å²) in [6.07, 6.45) is 0. The second-order valence-electron chi connectivity index (χ2n) is 4.14. The number of para-hydroxylation sites is 1. The van der Waals surface area contributed by atoms with E-state index in [1.807, 2.05) is 6.92 Å². The fourth-order valence-corrected chi connectivity index (χ4v) is 3.22. The van der Waals surface area contributed by atoms with Gasteiger partial charge >= 0.3 is 0 Å². The summed E-state index contributed by atoms with van der Waals surface area (Å²) in [5, 5.41) is 3.51. The normalized spacial score (nSPS) is 11.1. The molecule has 0 bridgehead atoms. The van der Waals surface area contributed by atoms with E-state index < -0.39 is 10.0 Å². The minimum Gasteiger partial charge on any atom is -0.384 e. The van der Waals surface area contributed by atoms with Crippen molar-refractivity contribution in [2.24, 2.45) is 0 Å². The zero-order chi connectivity index (χ0) is 14.6. The van der Waals surface area contributed by atoms with E-state index in [1.54, 1.807) is 48.5 Å². The first kappa shape index (κ1) is 14.7. The van der Waals surface area contributed by atoms with Crippen LogP contribution < -0.4 is 10.0 Å². The Morgan fingerprint density at radius 3 is 2.55 bits per heavy atom. The van der Waals surface area contributed by atoms with E-state index in [-0.39, 0.29) is 4.90 Å². The maximum atomic E-state index is 12.4. The Hall–Kier alpha value is -1.72. The van der Waals surface area contributed by atoms with Gasteiger partial charge in [-0.15, -0.1) is 0 Å². The molecule has 0 saturated carbocycles. The number of halogens is 1. The van der Waals surface area contributed by atoms with Gasteiger partial charge in [-0.05, 0) is 37.3 Å². The van der Waals surface area contributed by atoms with E-state index in [1.165, 1.54) is 0 Å². The summed E-state index contributed by atoms with van der Waals surface area (Å²) in [4.78, 5) is 0.210. The summed E-state index contributed by atoms with van der Waals surface area (Å²) in [6.45, 7) is 2.55. The van der Waals surface area contributed by atoms with E-state index in [4.69, 9.17) is 11.6 Å². The number of anilines is 2. The van der Waals surface area contributed by atoms with E-state index in [2.05, 4.69) is 10.0 Å². The highest BCUT2D eigenvalue weighted by Crippen LogP contribution is 2.24. The number of sulfonamides is 1. The summed E-state index contributed by atoms with van der Waals surface area (Å²) >= 11 is 5.85. The van der Waals surface area contributed by atoms with E-state index in [9.17, 15) is 8.42 Å². The molecule has 4 nitrogen and oxygen atoms in total. The van der Waals surface area contributed by atoms with Crippen molar-refractivity contribution in [3.05, 3.63) is 53.6 Å². The number of hydrogen-bond acceptors (Lipinski definition) is 3. The molecule has 6 heteroatoms. The van der Waals surface area contributed by atoms with Gasteiger partial charge in [0.1, 0.15) is 4.90 Å². The maximum Gasteiger partial charge on any atom is 0.263 e. The van der Waals surface area contributed by atoms with Gasteiger partial charge in [0.15, 0.2) is 0 Å². The molecule has 0 heterocycles. The quantitative estimate of drug-likeness (QED) is 0.887. The lowest BCUT2D eigenvalue weighted by Crippen LogP contribution is -2.15. The zero-order valence-corrected chi connectivity index (χ0v) is 12.5. The Balaban J connectivity index is 2.36. The summed E-state index contributed by atoms with van der Waals surface area (Å²) in [7, 11) is -3.65. The van der Waals surface area contributed by atoms with Crippen molar-refractivity contribution in [1.82, 2.24) is 0 Å². The van der Waals surface area contributed by atoms with Gasteiger partial charge in [0.2, 0.25) is 0 Å². The molecule has 0 amide bonds. The predicted molar refractivity (Wildman–Crippen MR) is 82.9 cm³/mol. The van der Waals surface area contributed by atoms with Gasteiger partial charge in [0.05, 0.1) is 11.4 Å². The van der Waals surface area contributed by atoms with Crippen molar-refractivity contribution >= 4 is 33.0 Å². The standard InChI is InChI=1S/C14H15ClN2O2S/c1-2-16-13-8-3-4-9-14(13)20(18,19)17-12-7-5-6-11(15)10-12/h3-10,16-17H,2H2,1H3. The van der Waals surface area contributed by atoms with Crippen molar-refractivity contribution < 1.29 is 8.42 Å². The smallest absolute Gasteiger partial charge is 0.263 e. The van der Waals surface area contributed by atoms with Crippen LogP contribution in [0.15, 0.2) is 53.4 Å². The first-order valence-electron chi connectivity index (χ1n) is 6.14. The molecular weight excluding hydrogens is 296 g/mol. The Morgan fingerprint density at radius 2 is 1.85 bits per heavy atom. The number of nitrogens with one attached hydrogen (secondary N) is 2. The largest absolute Gasteiger partial charge is 0.384 e.